The van der Waals surface area contributed by atoms with Crippen LogP contribution in [0.15, 0.2) is 57.6 Å². The first-order valence-corrected chi connectivity index (χ1v) is 9.00. The van der Waals surface area contributed by atoms with Crippen LogP contribution in [0.5, 0.6) is 0 Å². The number of thiol groups is 1. The summed E-state index contributed by atoms with van der Waals surface area (Å²) in [6.45, 7) is 1.86. The number of carboxylic acid groups (broad SMARTS) is 1. The molecule has 0 radical (unpaired) electrons. The number of anilines is 1. The van der Waals surface area contributed by atoms with Crippen molar-refractivity contribution in [1.82, 2.24) is 0 Å². The van der Waals surface area contributed by atoms with E-state index >= 15 is 0 Å². The van der Waals surface area contributed by atoms with Gasteiger partial charge in [0.05, 0.1) is 12.2 Å². The van der Waals surface area contributed by atoms with E-state index in [2.05, 4.69) is 17.9 Å². The SMILES string of the molecule is Cc1cc(Cl)ccc1NC(C(=O)O)c1ccc(C(CS)c2ccco2)o1. The van der Waals surface area contributed by atoms with Gasteiger partial charge in [-0.15, -0.1) is 0 Å². The maximum atomic E-state index is 11.8. The molecule has 0 saturated heterocycles. The minimum atomic E-state index is -1.04. The number of aryl methyl sites for hydroxylation is 1. The van der Waals surface area contributed by atoms with Gasteiger partial charge in [-0.05, 0) is 55.0 Å². The van der Waals surface area contributed by atoms with Crippen molar-refractivity contribution in [2.24, 2.45) is 0 Å². The summed E-state index contributed by atoms with van der Waals surface area (Å²) in [4.78, 5) is 11.8. The van der Waals surface area contributed by atoms with E-state index in [9.17, 15) is 9.90 Å². The fourth-order valence-electron chi connectivity index (χ4n) is 2.72. The van der Waals surface area contributed by atoms with Gasteiger partial charge in [0, 0.05) is 16.5 Å². The summed E-state index contributed by atoms with van der Waals surface area (Å²) in [5.41, 5.74) is 1.52. The van der Waals surface area contributed by atoms with Crippen molar-refractivity contribution in [1.29, 1.82) is 0 Å². The van der Waals surface area contributed by atoms with Crippen molar-refractivity contribution in [3.8, 4) is 0 Å². The van der Waals surface area contributed by atoms with Gasteiger partial charge in [-0.2, -0.15) is 12.6 Å². The molecule has 3 rings (SSSR count). The van der Waals surface area contributed by atoms with Gasteiger partial charge in [-0.1, -0.05) is 11.6 Å². The number of halogens is 1. The summed E-state index contributed by atoms with van der Waals surface area (Å²) in [6.07, 6.45) is 1.58. The zero-order valence-electron chi connectivity index (χ0n) is 14.0. The molecule has 0 aliphatic carbocycles. The van der Waals surface area contributed by atoms with Crippen LogP contribution in [-0.4, -0.2) is 16.8 Å². The number of carbonyl (C=O) groups is 1. The number of furan rings is 2. The summed E-state index contributed by atoms with van der Waals surface area (Å²) in [6, 6.07) is 11.2. The van der Waals surface area contributed by atoms with Gasteiger partial charge in [-0.25, -0.2) is 4.79 Å². The molecule has 0 fully saturated rings. The van der Waals surface area contributed by atoms with Crippen molar-refractivity contribution >= 4 is 35.9 Å². The molecule has 2 unspecified atom stereocenters. The predicted octanol–water partition coefficient (Wildman–Crippen LogP) is 5.13. The van der Waals surface area contributed by atoms with E-state index in [-0.39, 0.29) is 5.92 Å². The Kier molecular flexibility index (Phi) is 5.64. The van der Waals surface area contributed by atoms with Crippen LogP contribution in [0.3, 0.4) is 0 Å². The fourth-order valence-corrected chi connectivity index (χ4v) is 3.31. The Hall–Kier alpha value is -2.31. The molecule has 2 aromatic heterocycles. The second kappa shape index (κ2) is 7.93. The third-order valence-corrected chi connectivity index (χ3v) is 4.68. The minimum absolute atomic E-state index is 0.186. The molecule has 3 aromatic rings. The van der Waals surface area contributed by atoms with Gasteiger partial charge >= 0.3 is 5.97 Å². The van der Waals surface area contributed by atoms with Gasteiger partial charge in [0.1, 0.15) is 17.3 Å². The lowest BCUT2D eigenvalue weighted by Crippen LogP contribution is -2.20. The monoisotopic (exact) mass is 391 g/mol. The number of rotatable bonds is 7. The van der Waals surface area contributed by atoms with Crippen molar-refractivity contribution < 1.29 is 18.7 Å². The molecule has 0 aliphatic heterocycles. The zero-order chi connectivity index (χ0) is 18.7. The van der Waals surface area contributed by atoms with Crippen LogP contribution in [0, 0.1) is 6.92 Å². The van der Waals surface area contributed by atoms with E-state index in [0.29, 0.717) is 33.7 Å². The van der Waals surface area contributed by atoms with Crippen LogP contribution in [0.4, 0.5) is 5.69 Å². The first-order chi connectivity index (χ1) is 12.5. The van der Waals surface area contributed by atoms with E-state index in [1.165, 1.54) is 0 Å². The number of carboxylic acids is 1. The zero-order valence-corrected chi connectivity index (χ0v) is 15.6. The maximum Gasteiger partial charge on any atom is 0.334 e. The lowest BCUT2D eigenvalue weighted by Gasteiger charge is -2.16. The third-order valence-electron chi connectivity index (χ3n) is 4.08. The number of nitrogens with one attached hydrogen (secondary N) is 1. The number of hydrogen-bond donors (Lipinski definition) is 3. The average Bonchev–Trinajstić information content (AvgIpc) is 3.27. The fraction of sp³-hybridized carbons (Fsp3) is 0.211. The summed E-state index contributed by atoms with van der Waals surface area (Å²) in [5.74, 6) is 0.872. The number of benzene rings is 1. The molecule has 26 heavy (non-hydrogen) atoms. The van der Waals surface area contributed by atoms with Gasteiger partial charge in [-0.3, -0.25) is 0 Å². The molecular weight excluding hydrogens is 374 g/mol. The molecule has 0 spiro atoms. The molecule has 0 saturated carbocycles. The second-order valence-corrected chi connectivity index (χ2v) is 6.67. The van der Waals surface area contributed by atoms with Crippen molar-refractivity contribution in [3.63, 3.8) is 0 Å². The van der Waals surface area contributed by atoms with Crippen molar-refractivity contribution in [3.05, 3.63) is 76.6 Å². The molecule has 0 amide bonds. The van der Waals surface area contributed by atoms with Gasteiger partial charge < -0.3 is 19.3 Å². The van der Waals surface area contributed by atoms with Crippen LogP contribution in [0.1, 0.15) is 34.8 Å². The first kappa shape index (κ1) is 18.5. The quantitative estimate of drug-likeness (QED) is 0.486. The highest BCUT2D eigenvalue weighted by atomic mass is 35.5. The molecule has 136 valence electrons. The molecule has 2 N–H and O–H groups in total. The lowest BCUT2D eigenvalue weighted by molar-refractivity contribution is -0.138. The molecule has 5 nitrogen and oxygen atoms in total. The van der Waals surface area contributed by atoms with E-state index in [0.717, 1.165) is 5.56 Å². The van der Waals surface area contributed by atoms with Crippen LogP contribution < -0.4 is 5.32 Å². The highest BCUT2D eigenvalue weighted by Crippen LogP contribution is 2.31. The Morgan fingerprint density at radius 1 is 1.23 bits per heavy atom. The lowest BCUT2D eigenvalue weighted by atomic mass is 10.1. The van der Waals surface area contributed by atoms with Gasteiger partial charge in [0.15, 0.2) is 6.04 Å². The van der Waals surface area contributed by atoms with Crippen LogP contribution in [0.25, 0.3) is 0 Å². The van der Waals surface area contributed by atoms with E-state index in [4.69, 9.17) is 20.4 Å². The van der Waals surface area contributed by atoms with Crippen LogP contribution >= 0.6 is 24.2 Å². The summed E-state index contributed by atoms with van der Waals surface area (Å²) in [7, 11) is 0. The summed E-state index contributed by atoms with van der Waals surface area (Å²) in [5, 5.41) is 13.2. The average molecular weight is 392 g/mol. The smallest absolute Gasteiger partial charge is 0.334 e. The Balaban J connectivity index is 1.87. The number of aliphatic carboxylic acids is 1. The molecular formula is C19H18ClNO4S. The standard InChI is InChI=1S/C19H18ClNO4S/c1-11-9-12(20)4-5-14(11)21-18(19(22)23)17-7-6-16(25-17)13(10-26)15-3-2-8-24-15/h2-9,13,18,21,26H,10H2,1H3,(H,22,23). The Bertz CT molecular complexity index is 891. The van der Waals surface area contributed by atoms with Crippen molar-refractivity contribution in [2.75, 3.05) is 11.1 Å². The Morgan fingerprint density at radius 2 is 2.00 bits per heavy atom. The first-order valence-electron chi connectivity index (χ1n) is 7.99. The Labute approximate surface area is 161 Å². The van der Waals surface area contributed by atoms with Gasteiger partial charge in [0.25, 0.3) is 0 Å². The van der Waals surface area contributed by atoms with E-state index in [1.807, 2.05) is 13.0 Å². The van der Waals surface area contributed by atoms with Gasteiger partial charge in [0.2, 0.25) is 0 Å². The Morgan fingerprint density at radius 3 is 2.62 bits per heavy atom. The molecule has 2 heterocycles. The predicted molar refractivity (Wildman–Crippen MR) is 103 cm³/mol. The van der Waals surface area contributed by atoms with Crippen LogP contribution in [-0.2, 0) is 4.79 Å². The maximum absolute atomic E-state index is 11.8. The normalized spacial score (nSPS) is 13.3. The van der Waals surface area contributed by atoms with Crippen molar-refractivity contribution in [2.45, 2.75) is 18.9 Å². The third kappa shape index (κ3) is 3.92. The summed E-state index contributed by atoms with van der Waals surface area (Å²) < 4.78 is 11.3. The second-order valence-electron chi connectivity index (χ2n) is 5.87. The molecule has 7 heteroatoms. The highest BCUT2D eigenvalue weighted by molar-refractivity contribution is 7.80. The molecule has 0 bridgehead atoms. The largest absolute Gasteiger partial charge is 0.479 e. The number of hydrogen-bond acceptors (Lipinski definition) is 5. The minimum Gasteiger partial charge on any atom is -0.479 e. The topological polar surface area (TPSA) is 75.6 Å². The molecule has 0 aliphatic rings. The summed E-state index contributed by atoms with van der Waals surface area (Å²) >= 11 is 10.3. The van der Waals surface area contributed by atoms with E-state index < -0.39 is 12.0 Å². The molecule has 1 aromatic carbocycles. The highest BCUT2D eigenvalue weighted by Gasteiger charge is 2.26. The molecule has 2 atom stereocenters. The van der Waals surface area contributed by atoms with Crippen LogP contribution in [0.2, 0.25) is 5.02 Å². The van der Waals surface area contributed by atoms with E-state index in [1.54, 1.807) is 42.7 Å².